The second kappa shape index (κ2) is 7.16. The summed E-state index contributed by atoms with van der Waals surface area (Å²) in [6.07, 6.45) is 3.14. The van der Waals surface area contributed by atoms with E-state index < -0.39 is 0 Å². The van der Waals surface area contributed by atoms with Crippen molar-refractivity contribution in [1.82, 2.24) is 5.32 Å². The number of amides is 1. The Kier molecular flexibility index (Phi) is 5.85. The first-order chi connectivity index (χ1) is 8.58. The molecule has 0 spiro atoms. The average Bonchev–Trinajstić information content (AvgIpc) is 2.37. The summed E-state index contributed by atoms with van der Waals surface area (Å²) in [6, 6.07) is 5.28. The van der Waals surface area contributed by atoms with E-state index in [2.05, 4.69) is 23.8 Å². The van der Waals surface area contributed by atoms with Crippen LogP contribution in [0.2, 0.25) is 0 Å². The van der Waals surface area contributed by atoms with Crippen LogP contribution in [0.3, 0.4) is 0 Å². The van der Waals surface area contributed by atoms with Crippen molar-refractivity contribution in [3.8, 4) is 0 Å². The molecule has 4 nitrogen and oxygen atoms in total. The largest absolute Gasteiger partial charge is 0.399 e. The van der Waals surface area contributed by atoms with Crippen LogP contribution in [0.15, 0.2) is 18.2 Å². The minimum Gasteiger partial charge on any atom is -0.399 e. The van der Waals surface area contributed by atoms with Crippen LogP contribution in [0, 0.1) is 0 Å². The lowest BCUT2D eigenvalue weighted by atomic mass is 10.1. The van der Waals surface area contributed by atoms with Gasteiger partial charge in [0.2, 0.25) is 0 Å². The monoisotopic (exact) mass is 267 g/mol. The molecular weight excluding hydrogens is 246 g/mol. The smallest absolute Gasteiger partial charge is 0.253 e. The van der Waals surface area contributed by atoms with Gasteiger partial charge in [-0.05, 0) is 30.9 Å². The number of hydrogen-bond acceptors (Lipinski definition) is 4. The highest BCUT2D eigenvalue weighted by Crippen LogP contribution is 2.20. The molecule has 18 heavy (non-hydrogen) atoms. The van der Waals surface area contributed by atoms with E-state index >= 15 is 0 Å². The zero-order chi connectivity index (χ0) is 13.5. The summed E-state index contributed by atoms with van der Waals surface area (Å²) in [7, 11) is 1.62. The van der Waals surface area contributed by atoms with Crippen molar-refractivity contribution in [1.29, 1.82) is 0 Å². The highest BCUT2D eigenvalue weighted by atomic mass is 32.2. The standard InChI is InChI=1S/C13H21N3OS/c1-9(18-3)6-7-16-12-8-10(14)4-5-11(12)13(17)15-2/h4-5,8-9,16H,6-7,14H2,1-3H3,(H,15,17). The molecule has 4 N–H and O–H groups in total. The summed E-state index contributed by atoms with van der Waals surface area (Å²) >= 11 is 1.83. The third kappa shape index (κ3) is 4.14. The summed E-state index contributed by atoms with van der Waals surface area (Å²) in [5.74, 6) is -0.101. The van der Waals surface area contributed by atoms with Gasteiger partial charge in [-0.15, -0.1) is 0 Å². The molecule has 1 amide bonds. The van der Waals surface area contributed by atoms with Crippen LogP contribution in [0.4, 0.5) is 11.4 Å². The third-order valence-electron chi connectivity index (χ3n) is 2.78. The molecule has 5 heteroatoms. The van der Waals surface area contributed by atoms with Crippen LogP contribution in [0.1, 0.15) is 23.7 Å². The first-order valence-corrected chi connectivity index (χ1v) is 7.25. The van der Waals surface area contributed by atoms with Gasteiger partial charge >= 0.3 is 0 Å². The maximum atomic E-state index is 11.7. The minimum absolute atomic E-state index is 0.101. The highest BCUT2D eigenvalue weighted by molar-refractivity contribution is 7.99. The fraction of sp³-hybridized carbons (Fsp3) is 0.462. The molecule has 1 unspecified atom stereocenters. The maximum absolute atomic E-state index is 11.7. The molecule has 0 saturated heterocycles. The van der Waals surface area contributed by atoms with Crippen LogP contribution < -0.4 is 16.4 Å². The Labute approximate surface area is 113 Å². The Hall–Kier alpha value is -1.36. The molecule has 0 bridgehead atoms. The number of carbonyl (C=O) groups is 1. The van der Waals surface area contributed by atoms with Gasteiger partial charge in [0, 0.05) is 30.2 Å². The fourth-order valence-electron chi connectivity index (χ4n) is 1.57. The van der Waals surface area contributed by atoms with Gasteiger partial charge < -0.3 is 16.4 Å². The van der Waals surface area contributed by atoms with Gasteiger partial charge in [-0.3, -0.25) is 4.79 Å². The average molecular weight is 267 g/mol. The number of thioether (sulfide) groups is 1. The van der Waals surface area contributed by atoms with Gasteiger partial charge in [-0.2, -0.15) is 11.8 Å². The van der Waals surface area contributed by atoms with Gasteiger partial charge in [-0.25, -0.2) is 0 Å². The minimum atomic E-state index is -0.101. The molecule has 0 fully saturated rings. The third-order valence-corrected chi connectivity index (χ3v) is 3.82. The van der Waals surface area contributed by atoms with Crippen LogP contribution in [-0.2, 0) is 0 Å². The molecule has 100 valence electrons. The zero-order valence-electron chi connectivity index (χ0n) is 11.1. The van der Waals surface area contributed by atoms with Crippen molar-refractivity contribution in [2.45, 2.75) is 18.6 Å². The molecule has 1 atom stereocenters. The van der Waals surface area contributed by atoms with E-state index in [0.29, 0.717) is 16.5 Å². The summed E-state index contributed by atoms with van der Waals surface area (Å²) in [6.45, 7) is 3.01. The fourth-order valence-corrected chi connectivity index (χ4v) is 1.92. The Bertz CT molecular complexity index is 409. The zero-order valence-corrected chi connectivity index (χ0v) is 11.9. The molecule has 0 aliphatic carbocycles. The number of benzene rings is 1. The quantitative estimate of drug-likeness (QED) is 0.691. The van der Waals surface area contributed by atoms with Crippen molar-refractivity contribution in [2.75, 3.05) is 30.9 Å². The predicted octanol–water partition coefficient (Wildman–Crippen LogP) is 2.18. The number of nitrogens with one attached hydrogen (secondary N) is 2. The Balaban J connectivity index is 2.73. The SMILES string of the molecule is CNC(=O)c1ccc(N)cc1NCCC(C)SC. The van der Waals surface area contributed by atoms with Gasteiger partial charge in [0.25, 0.3) is 5.91 Å². The molecule has 1 aromatic rings. The lowest BCUT2D eigenvalue weighted by Crippen LogP contribution is -2.20. The molecule has 0 aromatic heterocycles. The number of hydrogen-bond donors (Lipinski definition) is 3. The van der Waals surface area contributed by atoms with Crippen molar-refractivity contribution in [3.63, 3.8) is 0 Å². The van der Waals surface area contributed by atoms with E-state index in [4.69, 9.17) is 5.73 Å². The Morgan fingerprint density at radius 2 is 2.22 bits per heavy atom. The van der Waals surface area contributed by atoms with Crippen molar-refractivity contribution in [2.24, 2.45) is 0 Å². The highest BCUT2D eigenvalue weighted by Gasteiger charge is 2.10. The summed E-state index contributed by atoms with van der Waals surface area (Å²) in [5.41, 5.74) is 7.83. The topological polar surface area (TPSA) is 67.2 Å². The lowest BCUT2D eigenvalue weighted by Gasteiger charge is -2.13. The Morgan fingerprint density at radius 3 is 2.83 bits per heavy atom. The number of nitrogens with two attached hydrogens (primary N) is 1. The van der Waals surface area contributed by atoms with Crippen LogP contribution in [0.25, 0.3) is 0 Å². The van der Waals surface area contributed by atoms with Crippen molar-refractivity contribution >= 4 is 29.0 Å². The predicted molar refractivity (Wildman–Crippen MR) is 80.3 cm³/mol. The molecule has 0 radical (unpaired) electrons. The number of rotatable bonds is 6. The summed E-state index contributed by atoms with van der Waals surface area (Å²) < 4.78 is 0. The van der Waals surface area contributed by atoms with Crippen molar-refractivity contribution in [3.05, 3.63) is 23.8 Å². The molecule has 0 aliphatic heterocycles. The molecule has 1 aromatic carbocycles. The van der Waals surface area contributed by atoms with E-state index in [0.717, 1.165) is 18.7 Å². The van der Waals surface area contributed by atoms with Gasteiger partial charge in [-0.1, -0.05) is 6.92 Å². The van der Waals surface area contributed by atoms with E-state index in [1.54, 1.807) is 25.2 Å². The van der Waals surface area contributed by atoms with Crippen molar-refractivity contribution < 1.29 is 4.79 Å². The first-order valence-electron chi connectivity index (χ1n) is 5.96. The van der Waals surface area contributed by atoms with E-state index in [1.807, 2.05) is 11.8 Å². The first kappa shape index (κ1) is 14.7. The summed E-state index contributed by atoms with van der Waals surface area (Å²) in [5, 5.41) is 6.51. The van der Waals surface area contributed by atoms with Gasteiger partial charge in [0.1, 0.15) is 0 Å². The van der Waals surface area contributed by atoms with E-state index in [-0.39, 0.29) is 5.91 Å². The second-order valence-corrected chi connectivity index (χ2v) is 5.42. The second-order valence-electron chi connectivity index (χ2n) is 4.15. The molecule has 0 aliphatic rings. The van der Waals surface area contributed by atoms with Crippen LogP contribution >= 0.6 is 11.8 Å². The van der Waals surface area contributed by atoms with E-state index in [9.17, 15) is 4.79 Å². The number of nitrogen functional groups attached to an aromatic ring is 1. The molecule has 0 heterocycles. The van der Waals surface area contributed by atoms with Crippen LogP contribution in [-0.4, -0.2) is 31.0 Å². The summed E-state index contributed by atoms with van der Waals surface area (Å²) in [4.78, 5) is 11.7. The molecule has 0 saturated carbocycles. The lowest BCUT2D eigenvalue weighted by molar-refractivity contribution is 0.0964. The Morgan fingerprint density at radius 1 is 1.50 bits per heavy atom. The number of anilines is 2. The van der Waals surface area contributed by atoms with Gasteiger partial charge in [0.15, 0.2) is 0 Å². The normalized spacial score (nSPS) is 11.9. The molecular formula is C13H21N3OS. The number of carbonyl (C=O) groups excluding carboxylic acids is 1. The van der Waals surface area contributed by atoms with Crippen LogP contribution in [0.5, 0.6) is 0 Å². The molecule has 1 rings (SSSR count). The van der Waals surface area contributed by atoms with E-state index in [1.165, 1.54) is 0 Å². The maximum Gasteiger partial charge on any atom is 0.253 e. The van der Waals surface area contributed by atoms with Gasteiger partial charge in [0.05, 0.1) is 5.56 Å².